The Morgan fingerprint density at radius 2 is 1.95 bits per heavy atom. The van der Waals surface area contributed by atoms with E-state index in [1.165, 1.54) is 12.3 Å². The van der Waals surface area contributed by atoms with Gasteiger partial charge in [-0.25, -0.2) is 4.39 Å². The van der Waals surface area contributed by atoms with Crippen molar-refractivity contribution in [3.8, 4) is 0 Å². The number of hydrogen-bond acceptors (Lipinski definition) is 3. The van der Waals surface area contributed by atoms with Gasteiger partial charge >= 0.3 is 0 Å². The summed E-state index contributed by atoms with van der Waals surface area (Å²) in [7, 11) is 0. The fourth-order valence-electron chi connectivity index (χ4n) is 2.19. The number of nitrogens with zero attached hydrogens (tertiary/aromatic N) is 2. The lowest BCUT2D eigenvalue weighted by Gasteiger charge is -2.07. The fourth-order valence-corrected chi connectivity index (χ4v) is 2.19. The monoisotopic (exact) mass is 266 g/mol. The minimum atomic E-state index is -0.522. The van der Waals surface area contributed by atoms with Crippen molar-refractivity contribution in [1.29, 1.82) is 0 Å². The molecule has 0 saturated carbocycles. The van der Waals surface area contributed by atoms with Gasteiger partial charge in [-0.2, -0.15) is 0 Å². The van der Waals surface area contributed by atoms with Crippen molar-refractivity contribution >= 4 is 16.7 Å². The lowest BCUT2D eigenvalue weighted by molar-refractivity contribution is 0.103. The number of aryl methyl sites for hydroxylation is 1. The predicted molar refractivity (Wildman–Crippen MR) is 74.1 cm³/mol. The number of carbonyl (C=O) groups is 1. The van der Waals surface area contributed by atoms with E-state index in [1.807, 2.05) is 31.2 Å². The molecule has 0 aliphatic rings. The maximum Gasteiger partial charge on any atom is 0.195 e. The van der Waals surface area contributed by atoms with Gasteiger partial charge in [-0.15, -0.1) is 0 Å². The Morgan fingerprint density at radius 1 is 1.15 bits per heavy atom. The molecule has 3 aromatic rings. The summed E-state index contributed by atoms with van der Waals surface area (Å²) < 4.78 is 13.2. The van der Waals surface area contributed by atoms with E-state index in [1.54, 1.807) is 6.07 Å². The molecule has 3 nitrogen and oxygen atoms in total. The molecule has 2 aromatic heterocycles. The summed E-state index contributed by atoms with van der Waals surface area (Å²) in [4.78, 5) is 20.6. The zero-order valence-electron chi connectivity index (χ0n) is 10.8. The third-order valence-electron chi connectivity index (χ3n) is 3.06. The highest BCUT2D eigenvalue weighted by Gasteiger charge is 2.14. The Balaban J connectivity index is 2.21. The van der Waals surface area contributed by atoms with Crippen LogP contribution in [0.1, 0.15) is 21.6 Å². The standard InChI is InChI=1S/C16H11FN2O/c1-10-6-14(13-4-2-3-5-15(13)19-10)16(20)11-7-12(17)9-18-8-11/h2-9H,1H3. The van der Waals surface area contributed by atoms with Gasteiger partial charge < -0.3 is 0 Å². The summed E-state index contributed by atoms with van der Waals surface area (Å²) in [5.74, 6) is -0.773. The number of ketones is 1. The van der Waals surface area contributed by atoms with Crippen molar-refractivity contribution in [3.05, 3.63) is 71.4 Å². The number of aromatic nitrogens is 2. The van der Waals surface area contributed by atoms with E-state index in [0.717, 1.165) is 22.8 Å². The molecule has 0 unspecified atom stereocenters. The van der Waals surface area contributed by atoms with Crippen molar-refractivity contribution in [2.75, 3.05) is 0 Å². The zero-order chi connectivity index (χ0) is 14.1. The smallest absolute Gasteiger partial charge is 0.195 e. The summed E-state index contributed by atoms with van der Waals surface area (Å²) >= 11 is 0. The van der Waals surface area contributed by atoms with Crippen LogP contribution in [0, 0.1) is 12.7 Å². The normalized spacial score (nSPS) is 10.7. The number of rotatable bonds is 2. The molecule has 2 heterocycles. The average Bonchev–Trinajstić information content (AvgIpc) is 2.45. The van der Waals surface area contributed by atoms with Crippen LogP contribution in [0.3, 0.4) is 0 Å². The Hall–Kier alpha value is -2.62. The predicted octanol–water partition coefficient (Wildman–Crippen LogP) is 3.31. The van der Waals surface area contributed by atoms with Crippen LogP contribution >= 0.6 is 0 Å². The second-order valence-electron chi connectivity index (χ2n) is 4.55. The molecule has 0 radical (unpaired) electrons. The number of benzene rings is 1. The molecule has 0 spiro atoms. The third-order valence-corrected chi connectivity index (χ3v) is 3.06. The number of hydrogen-bond donors (Lipinski definition) is 0. The van der Waals surface area contributed by atoms with Gasteiger partial charge in [0.2, 0.25) is 0 Å². The van der Waals surface area contributed by atoms with Crippen LogP contribution in [-0.4, -0.2) is 15.8 Å². The van der Waals surface area contributed by atoms with E-state index in [-0.39, 0.29) is 11.3 Å². The summed E-state index contributed by atoms with van der Waals surface area (Å²) in [6, 6.07) is 10.3. The molecule has 3 rings (SSSR count). The molecular weight excluding hydrogens is 255 g/mol. The fraction of sp³-hybridized carbons (Fsp3) is 0.0625. The second kappa shape index (κ2) is 4.81. The number of halogens is 1. The molecule has 0 fully saturated rings. The highest BCUT2D eigenvalue weighted by Crippen LogP contribution is 2.21. The molecule has 0 aliphatic carbocycles. The molecule has 0 aliphatic heterocycles. The Kier molecular flexibility index (Phi) is 2.99. The van der Waals surface area contributed by atoms with Gasteiger partial charge in [-0.05, 0) is 25.1 Å². The van der Waals surface area contributed by atoms with Gasteiger partial charge in [0, 0.05) is 28.4 Å². The number of carbonyl (C=O) groups excluding carboxylic acids is 1. The molecule has 0 N–H and O–H groups in total. The van der Waals surface area contributed by atoms with Crippen molar-refractivity contribution in [1.82, 2.24) is 9.97 Å². The number of para-hydroxylation sites is 1. The van der Waals surface area contributed by atoms with Crippen molar-refractivity contribution in [2.24, 2.45) is 0 Å². The van der Waals surface area contributed by atoms with Crippen molar-refractivity contribution in [3.63, 3.8) is 0 Å². The average molecular weight is 266 g/mol. The third kappa shape index (κ3) is 2.16. The van der Waals surface area contributed by atoms with Gasteiger partial charge in [0.25, 0.3) is 0 Å². The van der Waals surface area contributed by atoms with Crippen LogP contribution in [0.5, 0.6) is 0 Å². The minimum Gasteiger partial charge on any atom is -0.289 e. The van der Waals surface area contributed by atoms with Crippen LogP contribution in [0.2, 0.25) is 0 Å². The zero-order valence-corrected chi connectivity index (χ0v) is 10.8. The van der Waals surface area contributed by atoms with E-state index < -0.39 is 5.82 Å². The minimum absolute atomic E-state index is 0.237. The lowest BCUT2D eigenvalue weighted by atomic mass is 10.00. The number of fused-ring (bicyclic) bond motifs is 1. The summed E-state index contributed by atoms with van der Waals surface area (Å²) in [5.41, 5.74) is 2.25. The van der Waals surface area contributed by atoms with Crippen LogP contribution < -0.4 is 0 Å². The molecule has 0 bridgehead atoms. The summed E-state index contributed by atoms with van der Waals surface area (Å²) in [6.07, 6.45) is 2.45. The van der Waals surface area contributed by atoms with Crippen molar-refractivity contribution in [2.45, 2.75) is 6.92 Å². The molecule has 0 saturated heterocycles. The Morgan fingerprint density at radius 3 is 2.75 bits per heavy atom. The van der Waals surface area contributed by atoms with Crippen molar-refractivity contribution < 1.29 is 9.18 Å². The number of pyridine rings is 2. The summed E-state index contributed by atoms with van der Waals surface area (Å²) in [6.45, 7) is 1.83. The van der Waals surface area contributed by atoms with Gasteiger partial charge in [0.1, 0.15) is 5.82 Å². The quantitative estimate of drug-likeness (QED) is 0.668. The van der Waals surface area contributed by atoms with Gasteiger partial charge in [0.05, 0.1) is 11.7 Å². The first kappa shape index (κ1) is 12.4. The molecule has 0 amide bonds. The van der Waals surface area contributed by atoms with E-state index in [9.17, 15) is 9.18 Å². The van der Waals surface area contributed by atoms with Crippen LogP contribution in [0.25, 0.3) is 10.9 Å². The van der Waals surface area contributed by atoms with E-state index in [4.69, 9.17) is 0 Å². The largest absolute Gasteiger partial charge is 0.289 e. The molecule has 20 heavy (non-hydrogen) atoms. The van der Waals surface area contributed by atoms with E-state index >= 15 is 0 Å². The first-order valence-electron chi connectivity index (χ1n) is 6.17. The first-order chi connectivity index (χ1) is 9.65. The van der Waals surface area contributed by atoms with Gasteiger partial charge in [0.15, 0.2) is 5.78 Å². The Labute approximate surface area is 115 Å². The van der Waals surface area contributed by atoms with Gasteiger partial charge in [-0.3, -0.25) is 14.8 Å². The van der Waals surface area contributed by atoms with Crippen LogP contribution in [0.4, 0.5) is 4.39 Å². The summed E-state index contributed by atoms with van der Waals surface area (Å²) in [5, 5.41) is 0.757. The SMILES string of the molecule is Cc1cc(C(=O)c2cncc(F)c2)c2ccccc2n1. The van der Waals surface area contributed by atoms with E-state index in [2.05, 4.69) is 9.97 Å². The highest BCUT2D eigenvalue weighted by molar-refractivity contribution is 6.15. The van der Waals surface area contributed by atoms with Crippen LogP contribution in [-0.2, 0) is 0 Å². The van der Waals surface area contributed by atoms with Gasteiger partial charge in [-0.1, -0.05) is 18.2 Å². The Bertz CT molecular complexity index is 814. The van der Waals surface area contributed by atoms with E-state index in [0.29, 0.717) is 5.56 Å². The first-order valence-corrected chi connectivity index (χ1v) is 6.17. The molecule has 1 aromatic carbocycles. The highest BCUT2D eigenvalue weighted by atomic mass is 19.1. The van der Waals surface area contributed by atoms with Crippen LogP contribution in [0.15, 0.2) is 48.8 Å². The maximum atomic E-state index is 13.2. The molecule has 98 valence electrons. The second-order valence-corrected chi connectivity index (χ2v) is 4.55. The molecule has 0 atom stereocenters. The lowest BCUT2D eigenvalue weighted by Crippen LogP contribution is -2.05. The molecule has 4 heteroatoms. The maximum absolute atomic E-state index is 13.2. The molecular formula is C16H11FN2O. The topological polar surface area (TPSA) is 42.9 Å².